The minimum absolute atomic E-state index is 0.132. The van der Waals surface area contributed by atoms with E-state index in [1.807, 2.05) is 30.0 Å². The van der Waals surface area contributed by atoms with E-state index in [0.29, 0.717) is 11.8 Å². The summed E-state index contributed by atoms with van der Waals surface area (Å²) >= 11 is 0. The fourth-order valence-corrected chi connectivity index (χ4v) is 3.16. The van der Waals surface area contributed by atoms with Crippen molar-refractivity contribution in [3.05, 3.63) is 29.3 Å². The number of carbonyl (C=O) groups is 1. The first kappa shape index (κ1) is 12.5. The lowest BCUT2D eigenvalue weighted by Gasteiger charge is -2.18. The molecule has 19 heavy (non-hydrogen) atoms. The minimum atomic E-state index is 0.132. The van der Waals surface area contributed by atoms with E-state index in [0.717, 1.165) is 43.1 Å². The number of carbonyl (C=O) groups excluding carboxylic acids is 1. The third-order valence-corrected chi connectivity index (χ3v) is 4.33. The van der Waals surface area contributed by atoms with Gasteiger partial charge in [0.25, 0.3) is 5.91 Å². The Morgan fingerprint density at radius 3 is 2.63 bits per heavy atom. The molecule has 0 radical (unpaired) electrons. The van der Waals surface area contributed by atoms with Crippen molar-refractivity contribution < 1.29 is 9.53 Å². The van der Waals surface area contributed by atoms with E-state index in [4.69, 9.17) is 4.74 Å². The average molecular weight is 260 g/mol. The molecule has 2 aliphatic rings. The van der Waals surface area contributed by atoms with E-state index in [1.54, 1.807) is 7.11 Å². The molecule has 0 aromatic heterocycles. The molecular weight excluding hydrogens is 240 g/mol. The van der Waals surface area contributed by atoms with Gasteiger partial charge in [-0.3, -0.25) is 4.79 Å². The molecule has 0 unspecified atom stereocenters. The summed E-state index contributed by atoms with van der Waals surface area (Å²) in [5.74, 6) is 2.19. The number of nitrogens with zero attached hydrogens (tertiary/aromatic N) is 1. The number of likely N-dealkylation sites (tertiary alicyclic amines) is 1. The first-order chi connectivity index (χ1) is 9.19. The quantitative estimate of drug-likeness (QED) is 0.871. The van der Waals surface area contributed by atoms with Crippen molar-refractivity contribution >= 4 is 5.91 Å². The lowest BCUT2D eigenvalue weighted by molar-refractivity contribution is 0.0781. The number of benzene rings is 1. The van der Waals surface area contributed by atoms with Crippen LogP contribution in [-0.2, 0) is 0 Å². The monoisotopic (exact) mass is 260 g/mol. The van der Waals surface area contributed by atoms with Gasteiger partial charge in [0.1, 0.15) is 5.75 Å². The second-order valence-electron chi connectivity index (χ2n) is 5.57. The van der Waals surface area contributed by atoms with Crippen LogP contribution in [0.15, 0.2) is 18.2 Å². The zero-order chi connectivity index (χ0) is 13.4. The molecule has 102 valence electrons. The number of hydrogen-bond donors (Lipinski definition) is 1. The van der Waals surface area contributed by atoms with Crippen molar-refractivity contribution in [2.24, 2.45) is 11.8 Å². The molecule has 0 saturated carbocycles. The zero-order valence-corrected chi connectivity index (χ0v) is 11.5. The van der Waals surface area contributed by atoms with E-state index in [9.17, 15) is 4.79 Å². The van der Waals surface area contributed by atoms with Crippen LogP contribution in [0.1, 0.15) is 15.9 Å². The summed E-state index contributed by atoms with van der Waals surface area (Å²) < 4.78 is 5.29. The number of aryl methyl sites for hydroxylation is 1. The molecule has 2 aliphatic heterocycles. The van der Waals surface area contributed by atoms with Gasteiger partial charge >= 0.3 is 0 Å². The maximum atomic E-state index is 12.5. The van der Waals surface area contributed by atoms with Crippen LogP contribution in [0.2, 0.25) is 0 Å². The van der Waals surface area contributed by atoms with E-state index < -0.39 is 0 Å². The van der Waals surface area contributed by atoms with Crippen molar-refractivity contribution in [3.63, 3.8) is 0 Å². The number of ether oxygens (including phenoxy) is 1. The van der Waals surface area contributed by atoms with Gasteiger partial charge in [-0.2, -0.15) is 0 Å². The number of rotatable bonds is 2. The number of methoxy groups -OCH3 is 1. The van der Waals surface area contributed by atoms with E-state index in [2.05, 4.69) is 5.32 Å². The summed E-state index contributed by atoms with van der Waals surface area (Å²) in [6.07, 6.45) is 0. The molecule has 2 heterocycles. The highest BCUT2D eigenvalue weighted by molar-refractivity contribution is 5.95. The van der Waals surface area contributed by atoms with Gasteiger partial charge in [0.2, 0.25) is 0 Å². The summed E-state index contributed by atoms with van der Waals surface area (Å²) in [6, 6.07) is 5.70. The van der Waals surface area contributed by atoms with Crippen LogP contribution in [0.5, 0.6) is 5.75 Å². The first-order valence-corrected chi connectivity index (χ1v) is 6.83. The summed E-state index contributed by atoms with van der Waals surface area (Å²) in [7, 11) is 1.64. The Bertz CT molecular complexity index is 489. The summed E-state index contributed by atoms with van der Waals surface area (Å²) in [4.78, 5) is 14.5. The second-order valence-corrected chi connectivity index (χ2v) is 5.57. The summed E-state index contributed by atoms with van der Waals surface area (Å²) in [6.45, 7) is 5.84. The zero-order valence-electron chi connectivity index (χ0n) is 11.5. The number of nitrogens with one attached hydrogen (secondary N) is 1. The van der Waals surface area contributed by atoms with E-state index in [1.165, 1.54) is 0 Å². The second kappa shape index (κ2) is 4.85. The Morgan fingerprint density at radius 2 is 2.00 bits per heavy atom. The number of amides is 1. The standard InChI is InChI=1S/C15H20N2O2/c1-10-3-4-11(5-14(10)19-2)15(18)17-8-12-6-16-7-13(12)9-17/h3-5,12-13,16H,6-9H2,1-2H3/t12-,13+. The van der Waals surface area contributed by atoms with Gasteiger partial charge < -0.3 is 15.0 Å². The highest BCUT2D eigenvalue weighted by Crippen LogP contribution is 2.28. The van der Waals surface area contributed by atoms with Crippen LogP contribution in [0.3, 0.4) is 0 Å². The minimum Gasteiger partial charge on any atom is -0.496 e. The van der Waals surface area contributed by atoms with Gasteiger partial charge in [-0.1, -0.05) is 6.07 Å². The van der Waals surface area contributed by atoms with Crippen LogP contribution in [0.25, 0.3) is 0 Å². The molecular formula is C15H20N2O2. The Morgan fingerprint density at radius 1 is 1.32 bits per heavy atom. The number of hydrogen-bond acceptors (Lipinski definition) is 3. The Hall–Kier alpha value is -1.55. The summed E-state index contributed by atoms with van der Waals surface area (Å²) in [5, 5.41) is 3.39. The molecule has 0 spiro atoms. The van der Waals surface area contributed by atoms with Crippen molar-refractivity contribution in [2.75, 3.05) is 33.3 Å². The Labute approximate surface area is 113 Å². The Balaban J connectivity index is 1.77. The normalized spacial score (nSPS) is 25.5. The average Bonchev–Trinajstić information content (AvgIpc) is 2.99. The molecule has 2 saturated heterocycles. The van der Waals surface area contributed by atoms with Gasteiger partial charge in [-0.25, -0.2) is 0 Å². The fraction of sp³-hybridized carbons (Fsp3) is 0.533. The molecule has 4 nitrogen and oxygen atoms in total. The van der Waals surface area contributed by atoms with Crippen LogP contribution < -0.4 is 10.1 Å². The predicted octanol–water partition coefficient (Wildman–Crippen LogP) is 1.30. The molecule has 1 aromatic rings. The van der Waals surface area contributed by atoms with Gasteiger partial charge in [-0.15, -0.1) is 0 Å². The highest BCUT2D eigenvalue weighted by atomic mass is 16.5. The Kier molecular flexibility index (Phi) is 3.19. The molecule has 1 aromatic carbocycles. The van der Waals surface area contributed by atoms with Gasteiger partial charge in [0.15, 0.2) is 0 Å². The van der Waals surface area contributed by atoms with Gasteiger partial charge in [0, 0.05) is 31.7 Å². The lowest BCUT2D eigenvalue weighted by Crippen LogP contribution is -2.31. The lowest BCUT2D eigenvalue weighted by atomic mass is 10.0. The van der Waals surface area contributed by atoms with Crippen molar-refractivity contribution in [3.8, 4) is 5.75 Å². The molecule has 1 amide bonds. The summed E-state index contributed by atoms with van der Waals surface area (Å²) in [5.41, 5.74) is 1.79. The molecule has 0 aliphatic carbocycles. The van der Waals surface area contributed by atoms with E-state index >= 15 is 0 Å². The fourth-order valence-electron chi connectivity index (χ4n) is 3.16. The van der Waals surface area contributed by atoms with Crippen molar-refractivity contribution in [2.45, 2.75) is 6.92 Å². The molecule has 3 rings (SSSR count). The van der Waals surface area contributed by atoms with Crippen molar-refractivity contribution in [1.82, 2.24) is 10.2 Å². The largest absolute Gasteiger partial charge is 0.496 e. The van der Waals surface area contributed by atoms with Crippen LogP contribution in [0, 0.1) is 18.8 Å². The third kappa shape index (κ3) is 2.21. The maximum absolute atomic E-state index is 12.5. The third-order valence-electron chi connectivity index (χ3n) is 4.33. The van der Waals surface area contributed by atoms with Gasteiger partial charge in [-0.05, 0) is 36.5 Å². The molecule has 2 atom stereocenters. The van der Waals surface area contributed by atoms with Gasteiger partial charge in [0.05, 0.1) is 7.11 Å². The molecule has 1 N–H and O–H groups in total. The predicted molar refractivity (Wildman–Crippen MR) is 73.5 cm³/mol. The smallest absolute Gasteiger partial charge is 0.254 e. The molecule has 2 fully saturated rings. The van der Waals surface area contributed by atoms with E-state index in [-0.39, 0.29) is 5.91 Å². The molecule has 4 heteroatoms. The van der Waals surface area contributed by atoms with Crippen molar-refractivity contribution in [1.29, 1.82) is 0 Å². The topological polar surface area (TPSA) is 41.6 Å². The van der Waals surface area contributed by atoms with Crippen LogP contribution >= 0.6 is 0 Å². The first-order valence-electron chi connectivity index (χ1n) is 6.83. The SMILES string of the molecule is COc1cc(C(=O)N2C[C@H]3CNC[C@H]3C2)ccc1C. The highest BCUT2D eigenvalue weighted by Gasteiger charge is 2.38. The number of fused-ring (bicyclic) bond motifs is 1. The van der Waals surface area contributed by atoms with Crippen LogP contribution in [0.4, 0.5) is 0 Å². The maximum Gasteiger partial charge on any atom is 0.254 e. The molecule has 0 bridgehead atoms. The van der Waals surface area contributed by atoms with Crippen LogP contribution in [-0.4, -0.2) is 44.1 Å².